The van der Waals surface area contributed by atoms with Crippen molar-refractivity contribution in [2.75, 3.05) is 5.75 Å². The van der Waals surface area contributed by atoms with Crippen LogP contribution in [0.15, 0.2) is 23.1 Å². The summed E-state index contributed by atoms with van der Waals surface area (Å²) in [6.45, 7) is 3.10. The zero-order chi connectivity index (χ0) is 15.8. The van der Waals surface area contributed by atoms with Crippen LogP contribution in [-0.2, 0) is 13.0 Å². The third kappa shape index (κ3) is 3.02. The van der Waals surface area contributed by atoms with Gasteiger partial charge in [-0.15, -0.1) is 11.8 Å². The lowest BCUT2D eigenvalue weighted by atomic mass is 10.00. The number of thioether (sulfide) groups is 1. The summed E-state index contributed by atoms with van der Waals surface area (Å²) < 4.78 is 2.09. The Hall–Kier alpha value is -1.04. The lowest BCUT2D eigenvalue weighted by Gasteiger charge is -2.31. The van der Waals surface area contributed by atoms with Crippen LogP contribution in [0.25, 0.3) is 0 Å². The molecule has 2 aliphatic heterocycles. The molecule has 0 aliphatic carbocycles. The number of hydrogen-bond acceptors (Lipinski definition) is 4. The van der Waals surface area contributed by atoms with E-state index in [0.29, 0.717) is 6.04 Å². The predicted molar refractivity (Wildman–Crippen MR) is 94.0 cm³/mol. The summed E-state index contributed by atoms with van der Waals surface area (Å²) in [5.41, 5.74) is 1.33. The molecular formula is C17H21ClN4S. The van der Waals surface area contributed by atoms with E-state index in [1.165, 1.54) is 10.5 Å². The highest BCUT2D eigenvalue weighted by Crippen LogP contribution is 2.39. The van der Waals surface area contributed by atoms with Crippen LogP contribution in [0.2, 0.25) is 5.02 Å². The van der Waals surface area contributed by atoms with E-state index in [2.05, 4.69) is 34.2 Å². The molecule has 0 fully saturated rings. The average Bonchev–Trinajstić information content (AvgIpc) is 3.00. The molecule has 1 aromatic heterocycles. The number of halogens is 1. The minimum atomic E-state index is 0.288. The van der Waals surface area contributed by atoms with Gasteiger partial charge in [-0.3, -0.25) is 0 Å². The molecule has 2 unspecified atom stereocenters. The van der Waals surface area contributed by atoms with Crippen LogP contribution in [0.3, 0.4) is 0 Å². The maximum atomic E-state index is 6.22. The summed E-state index contributed by atoms with van der Waals surface area (Å²) in [4.78, 5) is 6.10. The number of nitrogens with one attached hydrogen (secondary N) is 1. The van der Waals surface area contributed by atoms with Crippen molar-refractivity contribution in [3.05, 3.63) is 40.4 Å². The number of fused-ring (bicyclic) bond motifs is 2. The van der Waals surface area contributed by atoms with Gasteiger partial charge in [0.1, 0.15) is 5.82 Å². The Morgan fingerprint density at radius 2 is 2.26 bits per heavy atom. The number of hydrogen-bond donors (Lipinski definition) is 1. The lowest BCUT2D eigenvalue weighted by Crippen LogP contribution is -2.33. The maximum absolute atomic E-state index is 6.22. The molecule has 4 nitrogen and oxygen atoms in total. The Bertz CT molecular complexity index is 715. The van der Waals surface area contributed by atoms with Crippen LogP contribution in [0.1, 0.15) is 55.5 Å². The van der Waals surface area contributed by atoms with Gasteiger partial charge in [0.15, 0.2) is 5.82 Å². The molecule has 4 rings (SSSR count). The molecule has 2 atom stereocenters. The fourth-order valence-corrected chi connectivity index (χ4v) is 4.77. The van der Waals surface area contributed by atoms with Gasteiger partial charge in [-0.05, 0) is 48.8 Å². The van der Waals surface area contributed by atoms with Crippen molar-refractivity contribution in [2.45, 2.75) is 56.1 Å². The zero-order valence-electron chi connectivity index (χ0n) is 13.3. The molecule has 23 heavy (non-hydrogen) atoms. The van der Waals surface area contributed by atoms with E-state index in [9.17, 15) is 0 Å². The SMILES string of the molecule is CCc1nc2n(n1)CCCC2NC1CCSc2ccc(Cl)cc21. The van der Waals surface area contributed by atoms with E-state index >= 15 is 0 Å². The molecule has 2 aromatic rings. The molecule has 0 spiro atoms. The molecule has 3 heterocycles. The second-order valence-electron chi connectivity index (χ2n) is 6.20. The van der Waals surface area contributed by atoms with Crippen LogP contribution < -0.4 is 5.32 Å². The highest BCUT2D eigenvalue weighted by atomic mass is 35.5. The van der Waals surface area contributed by atoms with Crippen LogP contribution in [0.5, 0.6) is 0 Å². The molecule has 1 aromatic carbocycles. The summed E-state index contributed by atoms with van der Waals surface area (Å²) in [6.07, 6.45) is 4.30. The summed E-state index contributed by atoms with van der Waals surface area (Å²) in [6, 6.07) is 6.89. The zero-order valence-corrected chi connectivity index (χ0v) is 14.8. The molecule has 0 saturated carbocycles. The van der Waals surface area contributed by atoms with E-state index < -0.39 is 0 Å². The summed E-state index contributed by atoms with van der Waals surface area (Å²) in [5, 5.41) is 9.27. The topological polar surface area (TPSA) is 42.7 Å². The van der Waals surface area contributed by atoms with Crippen molar-refractivity contribution in [3.63, 3.8) is 0 Å². The number of nitrogens with zero attached hydrogens (tertiary/aromatic N) is 3. The average molecular weight is 349 g/mol. The van der Waals surface area contributed by atoms with Gasteiger partial charge in [-0.1, -0.05) is 18.5 Å². The molecule has 6 heteroatoms. The van der Waals surface area contributed by atoms with Crippen LogP contribution in [0.4, 0.5) is 0 Å². The molecule has 2 aliphatic rings. The van der Waals surface area contributed by atoms with Crippen molar-refractivity contribution < 1.29 is 0 Å². The number of aromatic nitrogens is 3. The quantitative estimate of drug-likeness (QED) is 0.904. The molecular weight excluding hydrogens is 328 g/mol. The van der Waals surface area contributed by atoms with Gasteiger partial charge in [-0.25, -0.2) is 9.67 Å². The van der Waals surface area contributed by atoms with Crippen LogP contribution in [-0.4, -0.2) is 20.5 Å². The molecule has 0 amide bonds. The minimum absolute atomic E-state index is 0.288. The Morgan fingerprint density at radius 3 is 3.13 bits per heavy atom. The lowest BCUT2D eigenvalue weighted by molar-refractivity contribution is 0.330. The summed E-state index contributed by atoms with van der Waals surface area (Å²) >= 11 is 8.15. The standard InChI is InChI=1S/C17H21ClN4S/c1-2-16-20-17-14(4-3-8-22(17)21-16)19-13-7-9-23-15-6-5-11(18)10-12(13)15/h5-6,10,13-14,19H,2-4,7-9H2,1H3. The highest BCUT2D eigenvalue weighted by Gasteiger charge is 2.29. The first-order chi connectivity index (χ1) is 11.2. The molecule has 0 bridgehead atoms. The summed E-state index contributed by atoms with van der Waals surface area (Å²) in [7, 11) is 0. The third-order valence-electron chi connectivity index (χ3n) is 4.65. The first-order valence-electron chi connectivity index (χ1n) is 8.36. The monoisotopic (exact) mass is 348 g/mol. The number of aryl methyl sites for hydroxylation is 2. The Balaban J connectivity index is 1.61. The van der Waals surface area contributed by atoms with Crippen molar-refractivity contribution in [3.8, 4) is 0 Å². The molecule has 0 saturated heterocycles. The van der Waals surface area contributed by atoms with E-state index in [0.717, 1.165) is 54.7 Å². The summed E-state index contributed by atoms with van der Waals surface area (Å²) in [5.74, 6) is 3.21. The highest BCUT2D eigenvalue weighted by molar-refractivity contribution is 7.99. The predicted octanol–water partition coefficient (Wildman–Crippen LogP) is 4.16. The van der Waals surface area contributed by atoms with Gasteiger partial charge >= 0.3 is 0 Å². The van der Waals surface area contributed by atoms with Gasteiger partial charge in [0, 0.05) is 28.9 Å². The number of rotatable bonds is 3. The van der Waals surface area contributed by atoms with E-state index in [4.69, 9.17) is 16.6 Å². The fourth-order valence-electron chi connectivity index (χ4n) is 3.49. The second kappa shape index (κ2) is 6.46. The van der Waals surface area contributed by atoms with Gasteiger partial charge in [0.25, 0.3) is 0 Å². The Morgan fingerprint density at radius 1 is 1.35 bits per heavy atom. The molecule has 0 radical (unpaired) electrons. The van der Waals surface area contributed by atoms with Gasteiger partial charge in [-0.2, -0.15) is 5.10 Å². The molecule has 1 N–H and O–H groups in total. The van der Waals surface area contributed by atoms with Crippen molar-refractivity contribution in [1.82, 2.24) is 20.1 Å². The van der Waals surface area contributed by atoms with E-state index in [1.807, 2.05) is 17.8 Å². The van der Waals surface area contributed by atoms with E-state index in [1.54, 1.807) is 0 Å². The first kappa shape index (κ1) is 15.5. The maximum Gasteiger partial charge on any atom is 0.150 e. The van der Waals surface area contributed by atoms with Crippen molar-refractivity contribution in [1.29, 1.82) is 0 Å². The van der Waals surface area contributed by atoms with Gasteiger partial charge < -0.3 is 5.32 Å². The number of benzene rings is 1. The third-order valence-corrected chi connectivity index (χ3v) is 6.01. The van der Waals surface area contributed by atoms with E-state index in [-0.39, 0.29) is 6.04 Å². The molecule has 122 valence electrons. The first-order valence-corrected chi connectivity index (χ1v) is 9.73. The normalized spacial score (nSPS) is 23.4. The van der Waals surface area contributed by atoms with Crippen LogP contribution >= 0.6 is 23.4 Å². The smallest absolute Gasteiger partial charge is 0.150 e. The largest absolute Gasteiger partial charge is 0.300 e. The Kier molecular flexibility index (Phi) is 4.35. The minimum Gasteiger partial charge on any atom is -0.300 e. The van der Waals surface area contributed by atoms with Gasteiger partial charge in [0.05, 0.1) is 6.04 Å². The van der Waals surface area contributed by atoms with Crippen LogP contribution in [0, 0.1) is 0 Å². The fraction of sp³-hybridized carbons (Fsp3) is 0.529. The van der Waals surface area contributed by atoms with Crippen molar-refractivity contribution >= 4 is 23.4 Å². The second-order valence-corrected chi connectivity index (χ2v) is 7.77. The van der Waals surface area contributed by atoms with Gasteiger partial charge in [0.2, 0.25) is 0 Å². The Labute approximate surface area is 146 Å². The van der Waals surface area contributed by atoms with Crippen molar-refractivity contribution in [2.24, 2.45) is 0 Å².